The van der Waals surface area contributed by atoms with Crippen molar-refractivity contribution in [2.45, 2.75) is 33.2 Å². The Morgan fingerprint density at radius 2 is 1.95 bits per heavy atom. The predicted molar refractivity (Wildman–Crippen MR) is 87.8 cm³/mol. The van der Waals surface area contributed by atoms with Gasteiger partial charge in [-0.3, -0.25) is 14.5 Å². The molecule has 0 N–H and O–H groups in total. The fourth-order valence-electron chi connectivity index (χ4n) is 2.10. The van der Waals surface area contributed by atoms with Crippen LogP contribution in [0.3, 0.4) is 0 Å². The molecule has 2 amide bonds. The zero-order valence-electron chi connectivity index (χ0n) is 12.5. The molecule has 4 heteroatoms. The summed E-state index contributed by atoms with van der Waals surface area (Å²) in [5.41, 5.74) is 2.03. The van der Waals surface area contributed by atoms with Crippen LogP contribution in [-0.4, -0.2) is 22.1 Å². The van der Waals surface area contributed by atoms with Gasteiger partial charge in [0.1, 0.15) is 0 Å². The third-order valence-electron chi connectivity index (χ3n) is 3.41. The number of hydrogen-bond acceptors (Lipinski definition) is 3. The van der Waals surface area contributed by atoms with E-state index in [1.54, 1.807) is 6.08 Å². The van der Waals surface area contributed by atoms with Crippen LogP contribution in [0.5, 0.6) is 0 Å². The fraction of sp³-hybridized carbons (Fsp3) is 0.294. The largest absolute Gasteiger partial charge is 0.293 e. The summed E-state index contributed by atoms with van der Waals surface area (Å²) < 4.78 is 0. The monoisotopic (exact) mass is 301 g/mol. The van der Waals surface area contributed by atoms with Gasteiger partial charge in [-0.25, -0.2) is 0 Å². The summed E-state index contributed by atoms with van der Waals surface area (Å²) in [6, 6.07) is 9.85. The second kappa shape index (κ2) is 6.76. The van der Waals surface area contributed by atoms with Crippen molar-refractivity contribution in [2.24, 2.45) is 0 Å². The maximum absolute atomic E-state index is 12.3. The summed E-state index contributed by atoms with van der Waals surface area (Å²) in [6.07, 6.45) is 4.56. The standard InChI is InChI=1S/C17H19NO2S/c1-4-13(3)18-16(19)15(21-17(18)20)11-12(2)10-14-8-6-5-7-9-14/h5-11,13H,4H2,1-3H3/b12-10+,15-11-/t13-/m0/s1. The van der Waals surface area contributed by atoms with Crippen LogP contribution < -0.4 is 0 Å². The normalized spacial score (nSPS) is 19.5. The van der Waals surface area contributed by atoms with E-state index < -0.39 is 0 Å². The Kier molecular flexibility index (Phi) is 5.02. The Morgan fingerprint density at radius 3 is 2.57 bits per heavy atom. The van der Waals surface area contributed by atoms with Gasteiger partial charge in [0, 0.05) is 6.04 Å². The molecular weight excluding hydrogens is 282 g/mol. The molecule has 0 aliphatic carbocycles. The quantitative estimate of drug-likeness (QED) is 0.770. The average Bonchev–Trinajstić information content (AvgIpc) is 2.73. The number of imide groups is 1. The van der Waals surface area contributed by atoms with E-state index in [9.17, 15) is 9.59 Å². The van der Waals surface area contributed by atoms with E-state index >= 15 is 0 Å². The lowest BCUT2D eigenvalue weighted by Gasteiger charge is -2.19. The lowest BCUT2D eigenvalue weighted by molar-refractivity contribution is -0.124. The van der Waals surface area contributed by atoms with Gasteiger partial charge in [0.05, 0.1) is 4.91 Å². The number of nitrogens with zero attached hydrogens (tertiary/aromatic N) is 1. The molecular formula is C17H19NO2S. The summed E-state index contributed by atoms with van der Waals surface area (Å²) >= 11 is 1.02. The molecule has 1 aromatic carbocycles. The Bertz CT molecular complexity index is 604. The van der Waals surface area contributed by atoms with Crippen molar-refractivity contribution in [3.63, 3.8) is 0 Å². The second-order valence-corrected chi connectivity index (χ2v) is 6.10. The van der Waals surface area contributed by atoms with Crippen LogP contribution in [0.2, 0.25) is 0 Å². The topological polar surface area (TPSA) is 37.4 Å². The lowest BCUT2D eigenvalue weighted by atomic mass is 10.1. The maximum Gasteiger partial charge on any atom is 0.293 e. The fourth-order valence-corrected chi connectivity index (χ4v) is 3.08. The number of carbonyl (C=O) groups is 2. The zero-order valence-corrected chi connectivity index (χ0v) is 13.3. The van der Waals surface area contributed by atoms with Gasteiger partial charge in [0.15, 0.2) is 0 Å². The second-order valence-electron chi connectivity index (χ2n) is 5.11. The molecule has 0 bridgehead atoms. The van der Waals surface area contributed by atoms with Crippen molar-refractivity contribution >= 4 is 29.0 Å². The van der Waals surface area contributed by atoms with Crippen molar-refractivity contribution < 1.29 is 9.59 Å². The van der Waals surface area contributed by atoms with Crippen molar-refractivity contribution in [3.8, 4) is 0 Å². The van der Waals surface area contributed by atoms with E-state index in [1.165, 1.54) is 4.90 Å². The summed E-state index contributed by atoms with van der Waals surface area (Å²) in [7, 11) is 0. The van der Waals surface area contributed by atoms with E-state index in [2.05, 4.69) is 0 Å². The SMILES string of the molecule is CC[C@H](C)N1C(=O)S/C(=C\C(C)=C\c2ccccc2)C1=O. The predicted octanol–water partition coefficient (Wildman–Crippen LogP) is 4.47. The highest BCUT2D eigenvalue weighted by molar-refractivity contribution is 8.18. The van der Waals surface area contributed by atoms with Crippen LogP contribution in [0.4, 0.5) is 4.79 Å². The highest BCUT2D eigenvalue weighted by Crippen LogP contribution is 2.33. The van der Waals surface area contributed by atoms with Crippen LogP contribution in [0.15, 0.2) is 46.9 Å². The first-order valence-electron chi connectivity index (χ1n) is 7.03. The third kappa shape index (κ3) is 3.64. The molecule has 0 aromatic heterocycles. The van der Waals surface area contributed by atoms with Crippen molar-refractivity contribution in [3.05, 3.63) is 52.4 Å². The molecule has 0 spiro atoms. The summed E-state index contributed by atoms with van der Waals surface area (Å²) in [5, 5.41) is -0.173. The highest BCUT2D eigenvalue weighted by atomic mass is 32.2. The first-order chi connectivity index (χ1) is 10.0. The highest BCUT2D eigenvalue weighted by Gasteiger charge is 2.37. The lowest BCUT2D eigenvalue weighted by Crippen LogP contribution is -2.36. The zero-order chi connectivity index (χ0) is 15.4. The molecule has 0 unspecified atom stereocenters. The summed E-state index contributed by atoms with van der Waals surface area (Å²) in [6.45, 7) is 5.80. The van der Waals surface area contributed by atoms with Gasteiger partial charge < -0.3 is 0 Å². The average molecular weight is 301 g/mol. The molecule has 1 aromatic rings. The molecule has 1 aliphatic heterocycles. The number of thioether (sulfide) groups is 1. The third-order valence-corrected chi connectivity index (χ3v) is 4.29. The van der Waals surface area contributed by atoms with Gasteiger partial charge in [0.2, 0.25) is 0 Å². The minimum absolute atomic E-state index is 0.0539. The van der Waals surface area contributed by atoms with Gasteiger partial charge in [-0.15, -0.1) is 0 Å². The molecule has 3 nitrogen and oxygen atoms in total. The number of carbonyl (C=O) groups excluding carboxylic acids is 2. The van der Waals surface area contributed by atoms with Crippen molar-refractivity contribution in [1.29, 1.82) is 0 Å². The van der Waals surface area contributed by atoms with Gasteiger partial charge in [-0.05, 0) is 49.2 Å². The summed E-state index contributed by atoms with van der Waals surface area (Å²) in [5.74, 6) is -0.180. The molecule has 1 saturated heterocycles. The number of hydrogen-bond donors (Lipinski definition) is 0. The molecule has 0 saturated carbocycles. The van der Waals surface area contributed by atoms with Crippen LogP contribution >= 0.6 is 11.8 Å². The van der Waals surface area contributed by atoms with Crippen LogP contribution in [-0.2, 0) is 4.79 Å². The van der Waals surface area contributed by atoms with Crippen molar-refractivity contribution in [1.82, 2.24) is 4.90 Å². The van der Waals surface area contributed by atoms with E-state index in [0.717, 1.165) is 29.3 Å². The Balaban J connectivity index is 2.21. The Hall–Kier alpha value is -1.81. The smallest absolute Gasteiger partial charge is 0.268 e. The summed E-state index contributed by atoms with van der Waals surface area (Å²) in [4.78, 5) is 26.1. The van der Waals surface area contributed by atoms with Gasteiger partial charge >= 0.3 is 0 Å². The van der Waals surface area contributed by atoms with E-state index in [-0.39, 0.29) is 17.2 Å². The van der Waals surface area contributed by atoms with Crippen molar-refractivity contribution in [2.75, 3.05) is 0 Å². The molecule has 1 fully saturated rings. The number of amides is 2. The van der Waals surface area contributed by atoms with Gasteiger partial charge in [-0.1, -0.05) is 43.3 Å². The minimum atomic E-state index is -0.180. The van der Waals surface area contributed by atoms with Gasteiger partial charge in [-0.2, -0.15) is 0 Å². The molecule has 0 radical (unpaired) electrons. The molecule has 2 rings (SSSR count). The first-order valence-corrected chi connectivity index (χ1v) is 7.85. The first kappa shape index (κ1) is 15.6. The molecule has 110 valence electrons. The number of rotatable bonds is 4. The molecule has 1 atom stereocenters. The van der Waals surface area contributed by atoms with Crippen LogP contribution in [0.1, 0.15) is 32.8 Å². The molecule has 1 aliphatic rings. The van der Waals surface area contributed by atoms with E-state index in [0.29, 0.717) is 4.91 Å². The van der Waals surface area contributed by atoms with Gasteiger partial charge in [0.25, 0.3) is 11.1 Å². The maximum atomic E-state index is 12.3. The van der Waals surface area contributed by atoms with E-state index in [4.69, 9.17) is 0 Å². The Morgan fingerprint density at radius 1 is 1.29 bits per heavy atom. The van der Waals surface area contributed by atoms with Crippen LogP contribution in [0, 0.1) is 0 Å². The molecule has 21 heavy (non-hydrogen) atoms. The van der Waals surface area contributed by atoms with E-state index in [1.807, 2.05) is 57.2 Å². The molecule has 1 heterocycles. The number of benzene rings is 1. The Labute approximate surface area is 129 Å². The van der Waals surface area contributed by atoms with Crippen LogP contribution in [0.25, 0.3) is 6.08 Å². The number of allylic oxidation sites excluding steroid dienone is 2. The minimum Gasteiger partial charge on any atom is -0.268 e.